The van der Waals surface area contributed by atoms with E-state index in [2.05, 4.69) is 10.3 Å². The number of benzene rings is 1. The van der Waals surface area contributed by atoms with Gasteiger partial charge in [-0.3, -0.25) is 14.6 Å². The number of aromatic nitrogens is 1. The number of rotatable bonds is 2. The van der Waals surface area contributed by atoms with Gasteiger partial charge in [0.2, 0.25) is 5.91 Å². The fourth-order valence-electron chi connectivity index (χ4n) is 3.67. The van der Waals surface area contributed by atoms with Crippen LogP contribution in [0.2, 0.25) is 0 Å². The SMILES string of the molecule is O=C(C1CNCCN1C(=O)c1cnc2ccccc2c1)N1CCCC1. The zero-order valence-electron chi connectivity index (χ0n) is 14.1. The third-order valence-corrected chi connectivity index (χ3v) is 5.04. The zero-order chi connectivity index (χ0) is 17.2. The van der Waals surface area contributed by atoms with Crippen molar-refractivity contribution in [3.8, 4) is 0 Å². The number of nitrogens with one attached hydrogen (secondary N) is 1. The molecule has 0 radical (unpaired) electrons. The maximum Gasteiger partial charge on any atom is 0.256 e. The summed E-state index contributed by atoms with van der Waals surface area (Å²) in [5, 5.41) is 4.18. The van der Waals surface area contributed by atoms with Gasteiger partial charge in [0.15, 0.2) is 0 Å². The van der Waals surface area contributed by atoms with Gasteiger partial charge in [0.05, 0.1) is 11.1 Å². The molecule has 2 aliphatic rings. The number of carbonyl (C=O) groups excluding carboxylic acids is 2. The molecule has 2 saturated heterocycles. The number of fused-ring (bicyclic) bond motifs is 1. The van der Waals surface area contributed by atoms with Crippen molar-refractivity contribution in [2.24, 2.45) is 0 Å². The number of hydrogen-bond acceptors (Lipinski definition) is 4. The average molecular weight is 338 g/mol. The number of para-hydroxylation sites is 1. The van der Waals surface area contributed by atoms with Crippen LogP contribution in [0.25, 0.3) is 10.9 Å². The van der Waals surface area contributed by atoms with Crippen molar-refractivity contribution in [2.75, 3.05) is 32.7 Å². The van der Waals surface area contributed by atoms with E-state index in [0.717, 1.165) is 36.8 Å². The number of piperazine rings is 1. The third-order valence-electron chi connectivity index (χ3n) is 5.04. The van der Waals surface area contributed by atoms with Gasteiger partial charge < -0.3 is 15.1 Å². The summed E-state index contributed by atoms with van der Waals surface area (Å²) in [4.78, 5) is 33.9. The summed E-state index contributed by atoms with van der Waals surface area (Å²) in [5.41, 5.74) is 1.41. The van der Waals surface area contributed by atoms with Crippen LogP contribution in [0.5, 0.6) is 0 Å². The number of pyridine rings is 1. The second kappa shape index (κ2) is 6.80. The second-order valence-electron chi connectivity index (χ2n) is 6.67. The minimum atomic E-state index is -0.425. The fraction of sp³-hybridized carbons (Fsp3) is 0.421. The second-order valence-corrected chi connectivity index (χ2v) is 6.67. The minimum Gasteiger partial charge on any atom is -0.341 e. The first-order valence-electron chi connectivity index (χ1n) is 8.89. The molecule has 25 heavy (non-hydrogen) atoms. The molecule has 0 saturated carbocycles. The van der Waals surface area contributed by atoms with Crippen LogP contribution in [-0.2, 0) is 4.79 Å². The van der Waals surface area contributed by atoms with Crippen LogP contribution in [0.1, 0.15) is 23.2 Å². The van der Waals surface area contributed by atoms with Crippen molar-refractivity contribution >= 4 is 22.7 Å². The molecular weight excluding hydrogens is 316 g/mol. The molecule has 2 aromatic rings. The Morgan fingerprint density at radius 3 is 2.76 bits per heavy atom. The summed E-state index contributed by atoms with van der Waals surface area (Å²) in [6.45, 7) is 3.36. The Hall–Kier alpha value is -2.47. The highest BCUT2D eigenvalue weighted by Gasteiger charge is 2.36. The van der Waals surface area contributed by atoms with Crippen molar-refractivity contribution in [1.82, 2.24) is 20.1 Å². The number of likely N-dealkylation sites (tertiary alicyclic amines) is 1. The van der Waals surface area contributed by atoms with Crippen LogP contribution >= 0.6 is 0 Å². The van der Waals surface area contributed by atoms with Crippen molar-refractivity contribution < 1.29 is 9.59 Å². The molecular formula is C19H22N4O2. The number of hydrogen-bond donors (Lipinski definition) is 1. The molecule has 1 unspecified atom stereocenters. The van der Waals surface area contributed by atoms with E-state index in [-0.39, 0.29) is 11.8 Å². The number of amides is 2. The molecule has 3 heterocycles. The van der Waals surface area contributed by atoms with Crippen molar-refractivity contribution in [3.63, 3.8) is 0 Å². The lowest BCUT2D eigenvalue weighted by Crippen LogP contribution is -2.59. The topological polar surface area (TPSA) is 65.5 Å². The van der Waals surface area contributed by atoms with Crippen molar-refractivity contribution in [3.05, 3.63) is 42.1 Å². The van der Waals surface area contributed by atoms with Gasteiger partial charge in [-0.2, -0.15) is 0 Å². The molecule has 6 heteroatoms. The molecule has 1 aromatic carbocycles. The summed E-state index contributed by atoms with van der Waals surface area (Å²) in [6, 6.07) is 9.17. The highest BCUT2D eigenvalue weighted by atomic mass is 16.2. The predicted octanol–water partition coefficient (Wildman–Crippen LogP) is 1.27. The van der Waals surface area contributed by atoms with Gasteiger partial charge >= 0.3 is 0 Å². The molecule has 130 valence electrons. The van der Waals surface area contributed by atoms with Gasteiger partial charge in [-0.15, -0.1) is 0 Å². The lowest BCUT2D eigenvalue weighted by Gasteiger charge is -2.37. The first-order valence-corrected chi connectivity index (χ1v) is 8.89. The van der Waals surface area contributed by atoms with E-state index < -0.39 is 6.04 Å². The van der Waals surface area contributed by atoms with Gasteiger partial charge in [0.1, 0.15) is 6.04 Å². The highest BCUT2D eigenvalue weighted by molar-refractivity contribution is 6.00. The molecule has 1 N–H and O–H groups in total. The number of nitrogens with zero attached hydrogens (tertiary/aromatic N) is 3. The molecule has 4 rings (SSSR count). The third kappa shape index (κ3) is 3.09. The van der Waals surface area contributed by atoms with E-state index in [4.69, 9.17) is 0 Å². The first-order chi connectivity index (χ1) is 12.2. The van der Waals surface area contributed by atoms with Gasteiger partial charge in [-0.1, -0.05) is 18.2 Å². The maximum atomic E-state index is 13.1. The molecule has 2 fully saturated rings. The van der Waals surface area contributed by atoms with Crippen LogP contribution in [0, 0.1) is 0 Å². The molecule has 0 bridgehead atoms. The van der Waals surface area contributed by atoms with Crippen molar-refractivity contribution in [1.29, 1.82) is 0 Å². The van der Waals surface area contributed by atoms with Crippen LogP contribution in [0.15, 0.2) is 36.5 Å². The van der Waals surface area contributed by atoms with Crippen LogP contribution in [0.4, 0.5) is 0 Å². The fourth-order valence-corrected chi connectivity index (χ4v) is 3.67. The molecule has 1 aromatic heterocycles. The van der Waals surface area contributed by atoms with E-state index in [9.17, 15) is 9.59 Å². The summed E-state index contributed by atoms with van der Waals surface area (Å²) in [5.74, 6) is -0.0518. The van der Waals surface area contributed by atoms with E-state index >= 15 is 0 Å². The zero-order valence-corrected chi connectivity index (χ0v) is 14.1. The molecule has 0 spiro atoms. The average Bonchev–Trinajstić information content (AvgIpc) is 3.21. The van der Waals surface area contributed by atoms with Crippen LogP contribution in [-0.4, -0.2) is 65.4 Å². The van der Waals surface area contributed by atoms with E-state index in [1.807, 2.05) is 35.2 Å². The molecule has 1 atom stereocenters. The lowest BCUT2D eigenvalue weighted by atomic mass is 10.1. The highest BCUT2D eigenvalue weighted by Crippen LogP contribution is 2.18. The molecule has 2 amide bonds. The van der Waals surface area contributed by atoms with Gasteiger partial charge in [0.25, 0.3) is 5.91 Å². The van der Waals surface area contributed by atoms with Crippen LogP contribution < -0.4 is 5.32 Å². The summed E-state index contributed by atoms with van der Waals surface area (Å²) in [6.07, 6.45) is 3.72. The summed E-state index contributed by atoms with van der Waals surface area (Å²) in [7, 11) is 0. The Morgan fingerprint density at radius 1 is 1.12 bits per heavy atom. The summed E-state index contributed by atoms with van der Waals surface area (Å²) < 4.78 is 0. The van der Waals surface area contributed by atoms with Crippen LogP contribution in [0.3, 0.4) is 0 Å². The Balaban J connectivity index is 1.60. The Kier molecular flexibility index (Phi) is 4.36. The monoisotopic (exact) mass is 338 g/mol. The Labute approximate surface area is 146 Å². The standard InChI is InChI=1S/C19H22N4O2/c24-18(15-11-14-5-1-2-6-16(14)21-12-15)23-10-7-20-13-17(23)19(25)22-8-3-4-9-22/h1-2,5-6,11-12,17,20H,3-4,7-10,13H2. The van der Waals surface area contributed by atoms with E-state index in [1.54, 1.807) is 11.1 Å². The Bertz CT molecular complexity index is 801. The number of carbonyl (C=O) groups is 2. The smallest absolute Gasteiger partial charge is 0.256 e. The Morgan fingerprint density at radius 2 is 1.92 bits per heavy atom. The normalized spacial score (nSPS) is 20.9. The lowest BCUT2D eigenvalue weighted by molar-refractivity contribution is -0.135. The molecule has 0 aliphatic carbocycles. The quantitative estimate of drug-likeness (QED) is 0.896. The predicted molar refractivity (Wildman–Crippen MR) is 95.3 cm³/mol. The van der Waals surface area contributed by atoms with Gasteiger partial charge in [-0.05, 0) is 25.0 Å². The summed E-state index contributed by atoms with van der Waals surface area (Å²) >= 11 is 0. The van der Waals surface area contributed by atoms with E-state index in [0.29, 0.717) is 25.2 Å². The molecule has 2 aliphatic heterocycles. The van der Waals surface area contributed by atoms with Gasteiger partial charge in [0, 0.05) is 44.3 Å². The first kappa shape index (κ1) is 16.0. The maximum absolute atomic E-state index is 13.1. The van der Waals surface area contributed by atoms with Gasteiger partial charge in [-0.25, -0.2) is 0 Å². The largest absolute Gasteiger partial charge is 0.341 e. The minimum absolute atomic E-state index is 0.0619. The van der Waals surface area contributed by atoms with Crippen molar-refractivity contribution in [2.45, 2.75) is 18.9 Å². The molecule has 6 nitrogen and oxygen atoms in total. The van der Waals surface area contributed by atoms with E-state index in [1.165, 1.54) is 0 Å².